The second-order valence-corrected chi connectivity index (χ2v) is 5.49. The summed E-state index contributed by atoms with van der Waals surface area (Å²) in [5, 5.41) is 0. The number of anilines is 1. The molecule has 5 nitrogen and oxygen atoms in total. The van der Waals surface area contributed by atoms with Gasteiger partial charge in [-0.25, -0.2) is 21.9 Å². The van der Waals surface area contributed by atoms with Crippen LogP contribution in [0.3, 0.4) is 0 Å². The molecular weight excluding hydrogens is 278 g/mol. The van der Waals surface area contributed by atoms with Gasteiger partial charge in [0.2, 0.25) is 10.0 Å². The van der Waals surface area contributed by atoms with E-state index >= 15 is 0 Å². The van der Waals surface area contributed by atoms with E-state index in [4.69, 9.17) is 10.5 Å². The summed E-state index contributed by atoms with van der Waals surface area (Å²) in [5.74, 6) is -2.17. The third kappa shape index (κ3) is 4.41. The van der Waals surface area contributed by atoms with Crippen molar-refractivity contribution in [3.05, 3.63) is 23.8 Å². The highest BCUT2D eigenvalue weighted by Gasteiger charge is 2.20. The molecule has 0 aliphatic rings. The van der Waals surface area contributed by atoms with Gasteiger partial charge in [0, 0.05) is 25.8 Å². The highest BCUT2D eigenvalue weighted by atomic mass is 32.2. The van der Waals surface area contributed by atoms with Crippen molar-refractivity contribution < 1.29 is 21.9 Å². The van der Waals surface area contributed by atoms with E-state index in [0.717, 1.165) is 6.07 Å². The number of ether oxygens (including phenoxy) is 1. The first kappa shape index (κ1) is 15.8. The number of nitrogens with one attached hydrogen (secondary N) is 1. The Bertz CT molecular complexity index is 535. The average molecular weight is 294 g/mol. The molecule has 0 heterocycles. The number of benzene rings is 1. The van der Waals surface area contributed by atoms with Crippen LogP contribution in [0.5, 0.6) is 0 Å². The molecule has 0 radical (unpaired) electrons. The van der Waals surface area contributed by atoms with Crippen LogP contribution in [0.2, 0.25) is 0 Å². The molecule has 0 aliphatic heterocycles. The second-order valence-electron chi connectivity index (χ2n) is 3.75. The fourth-order valence-electron chi connectivity index (χ4n) is 1.35. The average Bonchev–Trinajstić information content (AvgIpc) is 2.33. The summed E-state index contributed by atoms with van der Waals surface area (Å²) in [5.41, 5.74) is 4.81. The minimum absolute atomic E-state index is 0.0963. The standard InChI is InChI=1S/C11H16F2N2O3S/c1-2-18-5-3-4-15-19(16,17)11-7-10(14)8(12)6-9(11)13/h6-7,15H,2-5,14H2,1H3. The largest absolute Gasteiger partial charge is 0.396 e. The molecule has 0 spiro atoms. The number of halogens is 2. The number of nitrogens with two attached hydrogens (primary N) is 1. The van der Waals surface area contributed by atoms with E-state index in [0.29, 0.717) is 25.7 Å². The van der Waals surface area contributed by atoms with Crippen LogP contribution in [-0.4, -0.2) is 28.2 Å². The zero-order valence-electron chi connectivity index (χ0n) is 10.4. The van der Waals surface area contributed by atoms with Crippen molar-refractivity contribution in [1.29, 1.82) is 0 Å². The van der Waals surface area contributed by atoms with Crippen LogP contribution in [0.1, 0.15) is 13.3 Å². The highest BCUT2D eigenvalue weighted by molar-refractivity contribution is 7.89. The molecule has 0 aliphatic carbocycles. The van der Waals surface area contributed by atoms with Gasteiger partial charge in [0.05, 0.1) is 5.69 Å². The zero-order chi connectivity index (χ0) is 14.5. The Hall–Kier alpha value is -1.25. The molecule has 0 bridgehead atoms. The summed E-state index contributed by atoms with van der Waals surface area (Å²) < 4.78 is 57.1. The maximum Gasteiger partial charge on any atom is 0.243 e. The van der Waals surface area contributed by atoms with Gasteiger partial charge in [0.1, 0.15) is 16.5 Å². The molecule has 0 saturated carbocycles. The predicted molar refractivity (Wildman–Crippen MR) is 67.1 cm³/mol. The lowest BCUT2D eigenvalue weighted by Crippen LogP contribution is -2.26. The molecule has 0 unspecified atom stereocenters. The smallest absolute Gasteiger partial charge is 0.243 e. The van der Waals surface area contributed by atoms with Crippen molar-refractivity contribution in [2.24, 2.45) is 0 Å². The lowest BCUT2D eigenvalue weighted by Gasteiger charge is -2.09. The van der Waals surface area contributed by atoms with Crippen molar-refractivity contribution >= 4 is 15.7 Å². The SMILES string of the molecule is CCOCCCNS(=O)(=O)c1cc(N)c(F)cc1F. The van der Waals surface area contributed by atoms with Crippen molar-refractivity contribution in [2.75, 3.05) is 25.5 Å². The predicted octanol–water partition coefficient (Wildman–Crippen LogP) is 1.25. The maximum atomic E-state index is 13.4. The third-order valence-electron chi connectivity index (χ3n) is 2.30. The minimum Gasteiger partial charge on any atom is -0.396 e. The summed E-state index contributed by atoms with van der Waals surface area (Å²) in [6, 6.07) is 1.21. The summed E-state index contributed by atoms with van der Waals surface area (Å²) in [6.45, 7) is 2.85. The Balaban J connectivity index is 2.75. The topological polar surface area (TPSA) is 81.4 Å². The molecule has 0 saturated heterocycles. The fraction of sp³-hybridized carbons (Fsp3) is 0.455. The van der Waals surface area contributed by atoms with Gasteiger partial charge < -0.3 is 10.5 Å². The Morgan fingerprint density at radius 2 is 2.00 bits per heavy atom. The van der Waals surface area contributed by atoms with E-state index < -0.39 is 32.2 Å². The van der Waals surface area contributed by atoms with E-state index in [1.54, 1.807) is 0 Å². The van der Waals surface area contributed by atoms with E-state index in [1.165, 1.54) is 0 Å². The Morgan fingerprint density at radius 1 is 1.32 bits per heavy atom. The van der Waals surface area contributed by atoms with Crippen LogP contribution in [0.15, 0.2) is 17.0 Å². The first-order valence-electron chi connectivity index (χ1n) is 5.70. The van der Waals surface area contributed by atoms with Crippen LogP contribution < -0.4 is 10.5 Å². The summed E-state index contributed by atoms with van der Waals surface area (Å²) in [7, 11) is -4.04. The molecule has 0 aromatic heterocycles. The van der Waals surface area contributed by atoms with E-state index in [-0.39, 0.29) is 6.54 Å². The van der Waals surface area contributed by atoms with Crippen LogP contribution in [0.4, 0.5) is 14.5 Å². The maximum absolute atomic E-state index is 13.4. The van der Waals surface area contributed by atoms with Gasteiger partial charge in [-0.3, -0.25) is 0 Å². The van der Waals surface area contributed by atoms with Crippen molar-refractivity contribution in [1.82, 2.24) is 4.72 Å². The summed E-state index contributed by atoms with van der Waals surface area (Å²) in [6.07, 6.45) is 0.450. The third-order valence-corrected chi connectivity index (χ3v) is 3.78. The summed E-state index contributed by atoms with van der Waals surface area (Å²) in [4.78, 5) is -0.664. The normalized spacial score (nSPS) is 11.7. The van der Waals surface area contributed by atoms with E-state index in [2.05, 4.69) is 4.72 Å². The van der Waals surface area contributed by atoms with Crippen molar-refractivity contribution in [3.8, 4) is 0 Å². The lowest BCUT2D eigenvalue weighted by atomic mass is 10.3. The molecule has 108 valence electrons. The van der Waals surface area contributed by atoms with Gasteiger partial charge in [-0.2, -0.15) is 0 Å². The van der Waals surface area contributed by atoms with Gasteiger partial charge >= 0.3 is 0 Å². The fourth-order valence-corrected chi connectivity index (χ4v) is 2.52. The molecular formula is C11H16F2N2O3S. The van der Waals surface area contributed by atoms with Gasteiger partial charge in [0.25, 0.3) is 0 Å². The molecule has 0 fully saturated rings. The number of hydrogen-bond donors (Lipinski definition) is 2. The lowest BCUT2D eigenvalue weighted by molar-refractivity contribution is 0.146. The number of sulfonamides is 1. The quantitative estimate of drug-likeness (QED) is 0.586. The Kier molecular flexibility index (Phi) is 5.64. The van der Waals surface area contributed by atoms with Crippen molar-refractivity contribution in [3.63, 3.8) is 0 Å². The van der Waals surface area contributed by atoms with Crippen LogP contribution in [-0.2, 0) is 14.8 Å². The number of rotatable bonds is 7. The van der Waals surface area contributed by atoms with Gasteiger partial charge in [-0.1, -0.05) is 0 Å². The minimum atomic E-state index is -4.04. The molecule has 1 aromatic carbocycles. The molecule has 1 rings (SSSR count). The highest BCUT2D eigenvalue weighted by Crippen LogP contribution is 2.20. The molecule has 0 amide bonds. The number of nitrogen functional groups attached to an aromatic ring is 1. The van der Waals surface area contributed by atoms with Gasteiger partial charge in [0.15, 0.2) is 0 Å². The Labute approximate surface area is 110 Å². The summed E-state index contributed by atoms with van der Waals surface area (Å²) >= 11 is 0. The first-order chi connectivity index (χ1) is 8.88. The first-order valence-corrected chi connectivity index (χ1v) is 7.18. The molecule has 3 N–H and O–H groups in total. The van der Waals surface area contributed by atoms with E-state index in [9.17, 15) is 17.2 Å². The molecule has 1 aromatic rings. The zero-order valence-corrected chi connectivity index (χ0v) is 11.3. The Morgan fingerprint density at radius 3 is 2.63 bits per heavy atom. The van der Waals surface area contributed by atoms with Crippen LogP contribution >= 0.6 is 0 Å². The second kappa shape index (κ2) is 6.78. The monoisotopic (exact) mass is 294 g/mol. The number of hydrogen-bond acceptors (Lipinski definition) is 4. The van der Waals surface area contributed by atoms with Crippen LogP contribution in [0.25, 0.3) is 0 Å². The molecule has 8 heteroatoms. The van der Waals surface area contributed by atoms with Crippen LogP contribution in [0, 0.1) is 11.6 Å². The van der Waals surface area contributed by atoms with Gasteiger partial charge in [-0.05, 0) is 19.4 Å². The molecule has 19 heavy (non-hydrogen) atoms. The van der Waals surface area contributed by atoms with Gasteiger partial charge in [-0.15, -0.1) is 0 Å². The molecule has 0 atom stereocenters. The van der Waals surface area contributed by atoms with E-state index in [1.807, 2.05) is 6.92 Å². The van der Waals surface area contributed by atoms with Crippen molar-refractivity contribution in [2.45, 2.75) is 18.2 Å².